The minimum atomic E-state index is -0.184. The highest BCUT2D eigenvalue weighted by atomic mass is 16.5. The third-order valence-electron chi connectivity index (χ3n) is 4.89. The summed E-state index contributed by atoms with van der Waals surface area (Å²) < 4.78 is 5.35. The number of nitrogens with zero attached hydrogens (tertiary/aromatic N) is 3. The molecule has 2 aromatic rings. The molecule has 3 rings (SSSR count). The van der Waals surface area contributed by atoms with Gasteiger partial charge in [0.1, 0.15) is 17.3 Å². The summed E-state index contributed by atoms with van der Waals surface area (Å²) in [5.41, 5.74) is 2.53. The molecule has 0 saturated carbocycles. The van der Waals surface area contributed by atoms with Crippen molar-refractivity contribution in [3.8, 4) is 0 Å². The molecule has 7 heteroatoms. The summed E-state index contributed by atoms with van der Waals surface area (Å²) in [6, 6.07) is 9.86. The quantitative estimate of drug-likeness (QED) is 0.780. The molecule has 1 aromatic carbocycles. The molecule has 156 valence electrons. The molecule has 1 aliphatic heterocycles. The van der Waals surface area contributed by atoms with Crippen LogP contribution in [0.15, 0.2) is 30.3 Å². The molecule has 1 aromatic heterocycles. The number of carbonyl (C=O) groups excluding carboxylic acids is 1. The van der Waals surface area contributed by atoms with Gasteiger partial charge in [-0.05, 0) is 24.0 Å². The minimum Gasteiger partial charge on any atom is -0.379 e. The predicted molar refractivity (Wildman–Crippen MR) is 115 cm³/mol. The van der Waals surface area contributed by atoms with Gasteiger partial charge in [-0.2, -0.15) is 0 Å². The van der Waals surface area contributed by atoms with E-state index in [0.29, 0.717) is 23.9 Å². The number of anilines is 2. The van der Waals surface area contributed by atoms with Crippen molar-refractivity contribution >= 4 is 17.4 Å². The lowest BCUT2D eigenvalue weighted by atomic mass is 9.86. The molecule has 1 amide bonds. The van der Waals surface area contributed by atoms with Gasteiger partial charge in [0.25, 0.3) is 5.91 Å². The van der Waals surface area contributed by atoms with Gasteiger partial charge in [-0.15, -0.1) is 0 Å². The summed E-state index contributed by atoms with van der Waals surface area (Å²) >= 11 is 0. The number of aromatic nitrogens is 2. The highest BCUT2D eigenvalue weighted by molar-refractivity contribution is 5.93. The van der Waals surface area contributed by atoms with Crippen LogP contribution in [0, 0.1) is 6.92 Å². The van der Waals surface area contributed by atoms with Crippen molar-refractivity contribution in [1.29, 1.82) is 0 Å². The summed E-state index contributed by atoms with van der Waals surface area (Å²) in [5.74, 6) is 0.991. The first-order valence-corrected chi connectivity index (χ1v) is 10.1. The maximum Gasteiger partial charge on any atom is 0.270 e. The van der Waals surface area contributed by atoms with E-state index >= 15 is 0 Å². The van der Waals surface area contributed by atoms with E-state index in [0.717, 1.165) is 38.5 Å². The van der Waals surface area contributed by atoms with Gasteiger partial charge in [0, 0.05) is 37.9 Å². The average Bonchev–Trinajstić information content (AvgIpc) is 2.68. The van der Waals surface area contributed by atoms with E-state index in [1.165, 1.54) is 5.56 Å². The van der Waals surface area contributed by atoms with E-state index in [2.05, 4.69) is 52.3 Å². The zero-order valence-corrected chi connectivity index (χ0v) is 17.8. The van der Waals surface area contributed by atoms with Crippen molar-refractivity contribution in [2.45, 2.75) is 33.1 Å². The molecular formula is C22H31N5O2. The predicted octanol–water partition coefficient (Wildman–Crippen LogP) is 2.89. The Morgan fingerprint density at radius 3 is 2.62 bits per heavy atom. The van der Waals surface area contributed by atoms with Gasteiger partial charge in [-0.25, -0.2) is 9.97 Å². The fraction of sp³-hybridized carbons (Fsp3) is 0.500. The second-order valence-electron chi connectivity index (χ2n) is 8.32. The zero-order chi connectivity index (χ0) is 20.9. The third-order valence-corrected chi connectivity index (χ3v) is 4.89. The molecule has 0 radical (unpaired) electrons. The minimum absolute atomic E-state index is 0.00857. The number of para-hydroxylation sites is 1. The van der Waals surface area contributed by atoms with E-state index in [1.807, 2.05) is 18.2 Å². The fourth-order valence-electron chi connectivity index (χ4n) is 3.38. The lowest BCUT2D eigenvalue weighted by molar-refractivity contribution is 0.0383. The molecule has 1 fully saturated rings. The third kappa shape index (κ3) is 5.98. The van der Waals surface area contributed by atoms with Gasteiger partial charge in [0.2, 0.25) is 0 Å². The van der Waals surface area contributed by atoms with Crippen molar-refractivity contribution in [3.05, 3.63) is 47.4 Å². The molecule has 0 aliphatic carbocycles. The second kappa shape index (κ2) is 9.33. The standard InChI is InChI=1S/C22H31N5O2/c1-16-24-19(21(28)23-9-10-27-11-13-29-14-12-27)15-20(25-16)26-18-8-6-5-7-17(18)22(2,3)4/h5-8,15H,9-14H2,1-4H3,(H,23,28)(H,24,25,26). The molecule has 0 spiro atoms. The van der Waals surface area contributed by atoms with E-state index in [4.69, 9.17) is 4.74 Å². The average molecular weight is 398 g/mol. The Morgan fingerprint density at radius 1 is 1.17 bits per heavy atom. The first-order chi connectivity index (χ1) is 13.8. The normalized spacial score (nSPS) is 15.2. The van der Waals surface area contributed by atoms with E-state index in [-0.39, 0.29) is 11.3 Å². The Bertz CT molecular complexity index is 841. The zero-order valence-electron chi connectivity index (χ0n) is 17.8. The molecule has 1 saturated heterocycles. The van der Waals surface area contributed by atoms with Gasteiger partial charge >= 0.3 is 0 Å². The van der Waals surface area contributed by atoms with Crippen LogP contribution in [-0.4, -0.2) is 60.2 Å². The highest BCUT2D eigenvalue weighted by Gasteiger charge is 2.18. The number of rotatable bonds is 6. The van der Waals surface area contributed by atoms with Gasteiger partial charge in [-0.3, -0.25) is 9.69 Å². The molecule has 7 nitrogen and oxygen atoms in total. The fourth-order valence-corrected chi connectivity index (χ4v) is 3.38. The maximum absolute atomic E-state index is 12.6. The first kappa shape index (κ1) is 21.2. The number of ether oxygens (including phenoxy) is 1. The Balaban J connectivity index is 1.67. The largest absolute Gasteiger partial charge is 0.379 e. The van der Waals surface area contributed by atoms with Crippen LogP contribution < -0.4 is 10.6 Å². The Hall–Kier alpha value is -2.51. The SMILES string of the molecule is Cc1nc(Nc2ccccc2C(C)(C)C)cc(C(=O)NCCN2CCOCC2)n1. The topological polar surface area (TPSA) is 79.4 Å². The van der Waals surface area contributed by atoms with Gasteiger partial charge in [0.05, 0.1) is 13.2 Å². The summed E-state index contributed by atoms with van der Waals surface area (Å²) in [6.07, 6.45) is 0. The molecule has 0 atom stereocenters. The van der Waals surface area contributed by atoms with Crippen molar-refractivity contribution in [2.24, 2.45) is 0 Å². The summed E-state index contributed by atoms with van der Waals surface area (Å²) in [4.78, 5) is 23.7. The molecule has 2 heterocycles. The first-order valence-electron chi connectivity index (χ1n) is 10.1. The van der Waals surface area contributed by atoms with Crippen LogP contribution in [0.4, 0.5) is 11.5 Å². The number of carbonyl (C=O) groups is 1. The van der Waals surface area contributed by atoms with E-state index in [1.54, 1.807) is 13.0 Å². The number of aryl methyl sites for hydroxylation is 1. The summed E-state index contributed by atoms with van der Waals surface area (Å²) in [7, 11) is 0. The van der Waals surface area contributed by atoms with Gasteiger partial charge < -0.3 is 15.4 Å². The number of nitrogens with one attached hydrogen (secondary N) is 2. The lowest BCUT2D eigenvalue weighted by Gasteiger charge is -2.26. The molecule has 0 unspecified atom stereocenters. The number of morpholine rings is 1. The van der Waals surface area contributed by atoms with Crippen molar-refractivity contribution < 1.29 is 9.53 Å². The Kier molecular flexibility index (Phi) is 6.82. The van der Waals surface area contributed by atoms with Crippen LogP contribution >= 0.6 is 0 Å². The molecule has 29 heavy (non-hydrogen) atoms. The van der Waals surface area contributed by atoms with Crippen molar-refractivity contribution in [3.63, 3.8) is 0 Å². The van der Waals surface area contributed by atoms with Crippen molar-refractivity contribution in [2.75, 3.05) is 44.7 Å². The Morgan fingerprint density at radius 2 is 1.90 bits per heavy atom. The molecule has 2 N–H and O–H groups in total. The lowest BCUT2D eigenvalue weighted by Crippen LogP contribution is -2.41. The van der Waals surface area contributed by atoms with Crippen LogP contribution in [-0.2, 0) is 10.2 Å². The van der Waals surface area contributed by atoms with Crippen LogP contribution in [0.5, 0.6) is 0 Å². The van der Waals surface area contributed by atoms with Crippen LogP contribution in [0.25, 0.3) is 0 Å². The summed E-state index contributed by atoms with van der Waals surface area (Å²) in [5, 5.41) is 6.33. The number of hydrogen-bond donors (Lipinski definition) is 2. The Labute approximate surface area is 172 Å². The smallest absolute Gasteiger partial charge is 0.270 e. The van der Waals surface area contributed by atoms with Crippen molar-refractivity contribution in [1.82, 2.24) is 20.2 Å². The monoisotopic (exact) mass is 397 g/mol. The highest BCUT2D eigenvalue weighted by Crippen LogP contribution is 2.30. The van der Waals surface area contributed by atoms with Crippen LogP contribution in [0.2, 0.25) is 0 Å². The number of hydrogen-bond acceptors (Lipinski definition) is 6. The number of amides is 1. The van der Waals surface area contributed by atoms with E-state index < -0.39 is 0 Å². The second-order valence-corrected chi connectivity index (χ2v) is 8.32. The summed E-state index contributed by atoms with van der Waals surface area (Å²) in [6.45, 7) is 13.0. The molecule has 0 bridgehead atoms. The van der Waals surface area contributed by atoms with Crippen LogP contribution in [0.1, 0.15) is 42.6 Å². The van der Waals surface area contributed by atoms with Gasteiger partial charge in [-0.1, -0.05) is 39.0 Å². The van der Waals surface area contributed by atoms with Gasteiger partial charge in [0.15, 0.2) is 0 Å². The van der Waals surface area contributed by atoms with E-state index in [9.17, 15) is 4.79 Å². The number of benzene rings is 1. The molecular weight excluding hydrogens is 366 g/mol. The van der Waals surface area contributed by atoms with Crippen LogP contribution in [0.3, 0.4) is 0 Å². The molecule has 1 aliphatic rings. The maximum atomic E-state index is 12.6.